The number of nitrogens with one attached hydrogen (secondary N) is 2. The molecule has 0 bridgehead atoms. The van der Waals surface area contributed by atoms with Crippen LogP contribution < -0.4 is 14.8 Å². The minimum Gasteiger partial charge on any atom is -0.488 e. The molecule has 0 aromatic heterocycles. The predicted octanol–water partition coefficient (Wildman–Crippen LogP) is 4.13. The first-order valence-electron chi connectivity index (χ1n) is 11.0. The van der Waals surface area contributed by atoms with Gasteiger partial charge in [-0.25, -0.2) is 12.8 Å². The number of carbonyl (C=O) groups excluding carboxylic acids is 1. The fraction of sp³-hybridized carbons (Fsp3) is 0.435. The van der Waals surface area contributed by atoms with Gasteiger partial charge < -0.3 is 15.0 Å². The summed E-state index contributed by atoms with van der Waals surface area (Å²) in [5.41, 5.74) is 1.02. The number of piperidine rings is 1. The highest BCUT2D eigenvalue weighted by Gasteiger charge is 2.52. The highest BCUT2D eigenvalue weighted by Crippen LogP contribution is 2.54. The largest absolute Gasteiger partial charge is 0.488 e. The van der Waals surface area contributed by atoms with Gasteiger partial charge in [0.15, 0.2) is 0 Å². The van der Waals surface area contributed by atoms with Crippen LogP contribution >= 0.6 is 11.6 Å². The molecule has 7 nitrogen and oxygen atoms in total. The maximum atomic E-state index is 13.4. The molecule has 5 rings (SSSR count). The Labute approximate surface area is 197 Å². The number of hydrogen-bond acceptors (Lipinski definition) is 5. The summed E-state index contributed by atoms with van der Waals surface area (Å²) in [5.74, 6) is -0.234. The minimum absolute atomic E-state index is 0.0291. The van der Waals surface area contributed by atoms with E-state index in [1.165, 1.54) is 0 Å². The number of hydrogen-bond donors (Lipinski definition) is 2. The lowest BCUT2D eigenvalue weighted by Gasteiger charge is -2.36. The van der Waals surface area contributed by atoms with Crippen molar-refractivity contribution in [2.45, 2.75) is 48.5 Å². The Morgan fingerprint density at radius 1 is 1.21 bits per heavy atom. The molecule has 2 aromatic carbocycles. The first kappa shape index (κ1) is 22.4. The van der Waals surface area contributed by atoms with Crippen molar-refractivity contribution in [2.24, 2.45) is 0 Å². The summed E-state index contributed by atoms with van der Waals surface area (Å²) in [6.07, 6.45) is 3.99. The van der Waals surface area contributed by atoms with E-state index < -0.39 is 21.3 Å². The number of sulfonamides is 1. The van der Waals surface area contributed by atoms with E-state index >= 15 is 0 Å². The van der Waals surface area contributed by atoms with Crippen LogP contribution in [0.3, 0.4) is 0 Å². The zero-order valence-electron chi connectivity index (χ0n) is 18.2. The number of likely N-dealkylation sites (tertiary alicyclic amines) is 1. The smallest absolute Gasteiger partial charge is 0.263 e. The number of anilines is 2. The number of amides is 1. The van der Waals surface area contributed by atoms with Gasteiger partial charge in [0.1, 0.15) is 22.6 Å². The second kappa shape index (κ2) is 8.14. The first-order valence-corrected chi connectivity index (χ1v) is 12.9. The average Bonchev–Trinajstić information content (AvgIpc) is 3.01. The molecule has 0 atom stereocenters. The molecule has 176 valence electrons. The third-order valence-electron chi connectivity index (χ3n) is 6.89. The quantitative estimate of drug-likeness (QED) is 0.654. The third-order valence-corrected chi connectivity index (χ3v) is 8.76. The van der Waals surface area contributed by atoms with E-state index in [1.807, 2.05) is 0 Å². The molecule has 0 unspecified atom stereocenters. The molecule has 3 aliphatic rings. The first-order chi connectivity index (χ1) is 15.7. The van der Waals surface area contributed by atoms with Gasteiger partial charge in [-0.3, -0.25) is 9.52 Å². The molecule has 10 heteroatoms. The van der Waals surface area contributed by atoms with Crippen molar-refractivity contribution in [1.29, 1.82) is 0 Å². The maximum Gasteiger partial charge on any atom is 0.263 e. The molecular formula is C23H25ClFN3O4S. The monoisotopic (exact) mass is 493 g/mol. The maximum absolute atomic E-state index is 13.4. The second-order valence-electron chi connectivity index (χ2n) is 9.09. The molecule has 1 saturated heterocycles. The lowest BCUT2D eigenvalue weighted by molar-refractivity contribution is -0.123. The Morgan fingerprint density at radius 2 is 1.94 bits per heavy atom. The van der Waals surface area contributed by atoms with Gasteiger partial charge in [0.25, 0.3) is 10.0 Å². The molecule has 1 spiro atoms. The fourth-order valence-electron chi connectivity index (χ4n) is 4.84. The number of ether oxygens (including phenoxy) is 1. The van der Waals surface area contributed by atoms with Crippen molar-refractivity contribution in [3.05, 3.63) is 46.7 Å². The van der Waals surface area contributed by atoms with E-state index in [1.54, 1.807) is 12.1 Å². The Kier molecular flexibility index (Phi) is 5.54. The Morgan fingerprint density at radius 3 is 2.58 bits per heavy atom. The van der Waals surface area contributed by atoms with Gasteiger partial charge in [-0.1, -0.05) is 18.0 Å². The molecule has 2 aliphatic heterocycles. The lowest BCUT2D eigenvalue weighted by Crippen LogP contribution is -2.40. The van der Waals surface area contributed by atoms with Crippen molar-refractivity contribution in [1.82, 2.24) is 4.90 Å². The van der Waals surface area contributed by atoms with E-state index in [4.69, 9.17) is 16.3 Å². The van der Waals surface area contributed by atoms with Crippen LogP contribution in [0.5, 0.6) is 5.75 Å². The van der Waals surface area contributed by atoms with Crippen molar-refractivity contribution in [3.63, 3.8) is 0 Å². The Balaban J connectivity index is 1.52. The molecule has 1 amide bonds. The average molecular weight is 494 g/mol. The zero-order chi connectivity index (χ0) is 23.4. The van der Waals surface area contributed by atoms with Crippen molar-refractivity contribution in [2.75, 3.05) is 30.2 Å². The van der Waals surface area contributed by atoms with Crippen LogP contribution in [-0.2, 0) is 20.2 Å². The van der Waals surface area contributed by atoms with Crippen LogP contribution in [0.2, 0.25) is 5.02 Å². The molecule has 2 fully saturated rings. The van der Waals surface area contributed by atoms with Crippen LogP contribution in [0.15, 0.2) is 35.2 Å². The van der Waals surface area contributed by atoms with Gasteiger partial charge >= 0.3 is 0 Å². The molecule has 2 heterocycles. The summed E-state index contributed by atoms with van der Waals surface area (Å²) in [6.45, 7) is 1.80. The molecular weight excluding hydrogens is 469 g/mol. The highest BCUT2D eigenvalue weighted by molar-refractivity contribution is 7.92. The topological polar surface area (TPSA) is 87.7 Å². The van der Waals surface area contributed by atoms with Crippen molar-refractivity contribution >= 4 is 38.9 Å². The van der Waals surface area contributed by atoms with Crippen LogP contribution in [0.4, 0.5) is 15.8 Å². The lowest BCUT2D eigenvalue weighted by atomic mass is 9.65. The molecule has 33 heavy (non-hydrogen) atoms. The Hall–Kier alpha value is -2.36. The summed E-state index contributed by atoms with van der Waals surface area (Å²) in [7, 11) is -2.03. The van der Waals surface area contributed by atoms with Crippen molar-refractivity contribution in [3.8, 4) is 5.75 Å². The molecule has 2 aromatic rings. The summed E-state index contributed by atoms with van der Waals surface area (Å²) >= 11 is 6.00. The van der Waals surface area contributed by atoms with E-state index in [9.17, 15) is 17.6 Å². The van der Waals surface area contributed by atoms with Crippen molar-refractivity contribution < 1.29 is 22.3 Å². The van der Waals surface area contributed by atoms with Crippen LogP contribution in [-0.4, -0.2) is 45.5 Å². The Bertz CT molecular complexity index is 1220. The number of nitrogens with zero attached hydrogens (tertiary/aromatic N) is 1. The van der Waals surface area contributed by atoms with Gasteiger partial charge in [0, 0.05) is 19.2 Å². The number of benzene rings is 2. The number of halogens is 2. The summed E-state index contributed by atoms with van der Waals surface area (Å²) in [5, 5.41) is 2.77. The van der Waals surface area contributed by atoms with Gasteiger partial charge in [-0.15, -0.1) is 0 Å². The van der Waals surface area contributed by atoms with Gasteiger partial charge in [-0.2, -0.15) is 0 Å². The minimum atomic E-state index is -4.09. The highest BCUT2D eigenvalue weighted by atomic mass is 35.5. The zero-order valence-corrected chi connectivity index (χ0v) is 19.7. The second-order valence-corrected chi connectivity index (χ2v) is 11.1. The van der Waals surface area contributed by atoms with E-state index in [0.29, 0.717) is 24.3 Å². The SMILES string of the molecule is CN1CCC(Oc2cc(NS(=O)(=O)c3ccc(F)cc3Cl)cc3c2NC(=O)C32CCC2)CC1. The van der Waals surface area contributed by atoms with Gasteiger partial charge in [-0.05, 0) is 62.6 Å². The normalized spacial score (nSPS) is 20.3. The van der Waals surface area contributed by atoms with E-state index in [2.05, 4.69) is 22.0 Å². The molecule has 1 saturated carbocycles. The fourth-order valence-corrected chi connectivity index (χ4v) is 6.41. The standard InChI is InChI=1S/C23H25ClFN3O4S/c1-28-9-5-16(6-10-28)32-19-13-15(12-17-21(19)26-22(29)23(17)7-2-8-23)27-33(30,31)20-4-3-14(25)11-18(20)24/h3-4,11-13,16,27H,2,5-10H2,1H3,(H,26,29). The van der Waals surface area contributed by atoms with Crippen LogP contribution in [0.1, 0.15) is 37.7 Å². The summed E-state index contributed by atoms with van der Waals surface area (Å²) in [6, 6.07) is 6.43. The van der Waals surface area contributed by atoms with Gasteiger partial charge in [0.2, 0.25) is 5.91 Å². The number of rotatable bonds is 5. The van der Waals surface area contributed by atoms with Crippen LogP contribution in [0.25, 0.3) is 0 Å². The summed E-state index contributed by atoms with van der Waals surface area (Å²) < 4.78 is 48.3. The van der Waals surface area contributed by atoms with E-state index in [0.717, 1.165) is 56.1 Å². The number of carbonyl (C=O) groups is 1. The number of fused-ring (bicyclic) bond motifs is 2. The van der Waals surface area contributed by atoms with Crippen LogP contribution in [0, 0.1) is 5.82 Å². The van der Waals surface area contributed by atoms with Gasteiger partial charge in [0.05, 0.1) is 21.8 Å². The third kappa shape index (κ3) is 3.96. The van der Waals surface area contributed by atoms with E-state index in [-0.39, 0.29) is 27.6 Å². The molecule has 2 N–H and O–H groups in total. The molecule has 0 radical (unpaired) electrons. The summed E-state index contributed by atoms with van der Waals surface area (Å²) in [4.78, 5) is 14.9. The molecule has 1 aliphatic carbocycles. The predicted molar refractivity (Wildman–Crippen MR) is 124 cm³/mol.